The smallest absolute Gasteiger partial charge is 0.314 e. The topological polar surface area (TPSA) is 56.4 Å². The number of likely N-dealkylation sites (tertiary alicyclic amines) is 1. The summed E-state index contributed by atoms with van der Waals surface area (Å²) in [6, 6.07) is 0.507. The maximum Gasteiger partial charge on any atom is 0.314 e. The van der Waals surface area contributed by atoms with Crippen LogP contribution >= 0.6 is 0 Å². The van der Waals surface area contributed by atoms with Crippen molar-refractivity contribution in [2.45, 2.75) is 31.7 Å². The summed E-state index contributed by atoms with van der Waals surface area (Å²) in [5, 5.41) is 9.33. The molecule has 3 N–H and O–H groups in total. The van der Waals surface area contributed by atoms with Gasteiger partial charge in [-0.3, -0.25) is 0 Å². The largest absolute Gasteiger partial charge is 0.338 e. The third-order valence-electron chi connectivity index (χ3n) is 4.12. The second kappa shape index (κ2) is 6.95. The van der Waals surface area contributed by atoms with Gasteiger partial charge in [0.1, 0.15) is 0 Å². The predicted molar refractivity (Wildman–Crippen MR) is 72.6 cm³/mol. The van der Waals surface area contributed by atoms with Crippen LogP contribution < -0.4 is 16.0 Å². The zero-order valence-corrected chi connectivity index (χ0v) is 11.4. The lowest BCUT2D eigenvalue weighted by molar-refractivity contribution is 0.231. The lowest BCUT2D eigenvalue weighted by atomic mass is 10.00. The highest BCUT2D eigenvalue weighted by molar-refractivity contribution is 5.73. The van der Waals surface area contributed by atoms with Crippen LogP contribution in [0.2, 0.25) is 0 Å². The zero-order chi connectivity index (χ0) is 12.8. The van der Waals surface area contributed by atoms with Crippen molar-refractivity contribution in [3.05, 3.63) is 0 Å². The van der Waals surface area contributed by atoms with Gasteiger partial charge in [-0.1, -0.05) is 0 Å². The Hall–Kier alpha value is -0.810. The lowest BCUT2D eigenvalue weighted by Crippen LogP contribution is -2.45. The number of urea groups is 1. The van der Waals surface area contributed by atoms with Crippen LogP contribution in [0.1, 0.15) is 25.7 Å². The molecule has 0 spiro atoms. The summed E-state index contributed by atoms with van der Waals surface area (Å²) in [4.78, 5) is 14.0. The Morgan fingerprint density at radius 2 is 2.11 bits per heavy atom. The minimum absolute atomic E-state index is 0.0131. The highest BCUT2D eigenvalue weighted by atomic mass is 16.2. The van der Waals surface area contributed by atoms with E-state index in [1.54, 1.807) is 0 Å². The fourth-order valence-electron chi connectivity index (χ4n) is 2.85. The van der Waals surface area contributed by atoms with Gasteiger partial charge in [-0.2, -0.15) is 0 Å². The molecule has 2 unspecified atom stereocenters. The van der Waals surface area contributed by atoms with Crippen LogP contribution in [0.5, 0.6) is 0 Å². The third kappa shape index (κ3) is 4.14. The Labute approximate surface area is 110 Å². The average Bonchev–Trinajstić information content (AvgIpc) is 2.81. The molecule has 2 heterocycles. The second-order valence-electron chi connectivity index (χ2n) is 5.58. The number of amides is 2. The first-order valence-electron chi connectivity index (χ1n) is 7.18. The number of rotatable bonds is 4. The van der Waals surface area contributed by atoms with Crippen molar-refractivity contribution < 1.29 is 4.79 Å². The molecule has 5 nitrogen and oxygen atoms in total. The van der Waals surface area contributed by atoms with E-state index in [-0.39, 0.29) is 6.03 Å². The van der Waals surface area contributed by atoms with Crippen LogP contribution in [-0.4, -0.2) is 56.7 Å². The molecule has 0 radical (unpaired) electrons. The highest BCUT2D eigenvalue weighted by Gasteiger charge is 2.21. The summed E-state index contributed by atoms with van der Waals surface area (Å²) < 4.78 is 0. The van der Waals surface area contributed by atoms with E-state index in [4.69, 9.17) is 0 Å². The van der Waals surface area contributed by atoms with E-state index in [2.05, 4.69) is 27.9 Å². The summed E-state index contributed by atoms with van der Waals surface area (Å²) in [6.45, 7) is 4.87. The molecule has 2 fully saturated rings. The van der Waals surface area contributed by atoms with E-state index in [0.29, 0.717) is 12.0 Å². The summed E-state index contributed by atoms with van der Waals surface area (Å²) in [6.07, 6.45) is 4.89. The SMILES string of the molecule is CN1CCCC1CNC(=O)NCC1CCCNC1. The van der Waals surface area contributed by atoms with Crippen LogP contribution in [0, 0.1) is 5.92 Å². The minimum atomic E-state index is -0.0131. The molecule has 0 bridgehead atoms. The van der Waals surface area contributed by atoms with E-state index in [1.165, 1.54) is 25.7 Å². The fraction of sp³-hybridized carbons (Fsp3) is 0.923. The van der Waals surface area contributed by atoms with Gasteiger partial charge in [-0.25, -0.2) is 4.79 Å². The average molecular weight is 254 g/mol. The first-order valence-corrected chi connectivity index (χ1v) is 7.18. The standard InChI is InChI=1S/C13H26N4O/c1-17-7-3-5-12(17)10-16-13(18)15-9-11-4-2-6-14-8-11/h11-12,14H,2-10H2,1H3,(H2,15,16,18). The van der Waals surface area contributed by atoms with Gasteiger partial charge < -0.3 is 20.9 Å². The van der Waals surface area contributed by atoms with Crippen molar-refractivity contribution in [2.75, 3.05) is 39.8 Å². The number of carbonyl (C=O) groups excluding carboxylic acids is 1. The number of hydrogen-bond acceptors (Lipinski definition) is 3. The number of piperidine rings is 1. The molecule has 5 heteroatoms. The van der Waals surface area contributed by atoms with Crippen LogP contribution in [0.15, 0.2) is 0 Å². The lowest BCUT2D eigenvalue weighted by Gasteiger charge is -2.23. The number of likely N-dealkylation sites (N-methyl/N-ethyl adjacent to an activating group) is 1. The molecule has 2 saturated heterocycles. The Balaban J connectivity index is 1.57. The maximum atomic E-state index is 11.7. The normalized spacial score (nSPS) is 29.2. The number of nitrogens with one attached hydrogen (secondary N) is 3. The van der Waals surface area contributed by atoms with Gasteiger partial charge >= 0.3 is 6.03 Å². The van der Waals surface area contributed by atoms with Crippen molar-refractivity contribution in [1.82, 2.24) is 20.9 Å². The van der Waals surface area contributed by atoms with E-state index >= 15 is 0 Å². The fourth-order valence-corrected chi connectivity index (χ4v) is 2.85. The molecule has 0 aromatic carbocycles. The number of nitrogens with zero attached hydrogens (tertiary/aromatic N) is 1. The quantitative estimate of drug-likeness (QED) is 0.680. The van der Waals surface area contributed by atoms with Crippen molar-refractivity contribution in [3.8, 4) is 0 Å². The molecule has 2 rings (SSSR count). The molecule has 2 aliphatic heterocycles. The van der Waals surface area contributed by atoms with Crippen LogP contribution in [0.4, 0.5) is 4.79 Å². The van der Waals surface area contributed by atoms with Gasteiger partial charge in [-0.05, 0) is 58.3 Å². The van der Waals surface area contributed by atoms with Gasteiger partial charge in [0.05, 0.1) is 0 Å². The van der Waals surface area contributed by atoms with Gasteiger partial charge in [0.2, 0.25) is 0 Å². The Kier molecular flexibility index (Phi) is 5.26. The molecule has 0 saturated carbocycles. The molecule has 0 aliphatic carbocycles. The zero-order valence-electron chi connectivity index (χ0n) is 11.4. The monoisotopic (exact) mass is 254 g/mol. The Bertz CT molecular complexity index is 266. The summed E-state index contributed by atoms with van der Waals surface area (Å²) in [5.74, 6) is 0.596. The predicted octanol–water partition coefficient (Wildman–Crippen LogP) is 0.379. The van der Waals surface area contributed by atoms with E-state index < -0.39 is 0 Å². The molecular weight excluding hydrogens is 228 g/mol. The summed E-state index contributed by atoms with van der Waals surface area (Å²) in [7, 11) is 2.13. The van der Waals surface area contributed by atoms with Crippen molar-refractivity contribution in [2.24, 2.45) is 5.92 Å². The Morgan fingerprint density at radius 1 is 1.28 bits per heavy atom. The molecule has 2 amide bonds. The molecule has 0 aromatic heterocycles. The molecule has 2 atom stereocenters. The first kappa shape index (κ1) is 13.6. The number of carbonyl (C=O) groups is 1. The molecule has 0 aromatic rings. The Morgan fingerprint density at radius 3 is 2.78 bits per heavy atom. The molecular formula is C13H26N4O. The third-order valence-corrected chi connectivity index (χ3v) is 4.12. The number of hydrogen-bond donors (Lipinski definition) is 3. The van der Waals surface area contributed by atoms with Crippen molar-refractivity contribution >= 4 is 6.03 Å². The van der Waals surface area contributed by atoms with E-state index in [9.17, 15) is 4.79 Å². The minimum Gasteiger partial charge on any atom is -0.338 e. The van der Waals surface area contributed by atoms with Crippen LogP contribution in [-0.2, 0) is 0 Å². The van der Waals surface area contributed by atoms with Gasteiger partial charge in [-0.15, -0.1) is 0 Å². The molecule has 104 valence electrons. The van der Waals surface area contributed by atoms with Gasteiger partial charge in [0, 0.05) is 19.1 Å². The first-order chi connectivity index (χ1) is 8.75. The summed E-state index contributed by atoms with van der Waals surface area (Å²) in [5.41, 5.74) is 0. The van der Waals surface area contributed by atoms with Gasteiger partial charge in [0.15, 0.2) is 0 Å². The van der Waals surface area contributed by atoms with Crippen LogP contribution in [0.3, 0.4) is 0 Å². The molecule has 2 aliphatic rings. The second-order valence-corrected chi connectivity index (χ2v) is 5.58. The van der Waals surface area contributed by atoms with Gasteiger partial charge in [0.25, 0.3) is 0 Å². The van der Waals surface area contributed by atoms with E-state index in [1.807, 2.05) is 0 Å². The van der Waals surface area contributed by atoms with Crippen LogP contribution in [0.25, 0.3) is 0 Å². The highest BCUT2D eigenvalue weighted by Crippen LogP contribution is 2.13. The van der Waals surface area contributed by atoms with E-state index in [0.717, 1.165) is 32.7 Å². The maximum absolute atomic E-state index is 11.7. The van der Waals surface area contributed by atoms with Crippen molar-refractivity contribution in [1.29, 1.82) is 0 Å². The van der Waals surface area contributed by atoms with Crippen molar-refractivity contribution in [3.63, 3.8) is 0 Å². The molecule has 18 heavy (non-hydrogen) atoms. The summed E-state index contributed by atoms with van der Waals surface area (Å²) >= 11 is 0.